The summed E-state index contributed by atoms with van der Waals surface area (Å²) in [4.78, 5) is 26.5. The number of amides is 1. The Labute approximate surface area is 176 Å². The highest BCUT2D eigenvalue weighted by Crippen LogP contribution is 2.36. The maximum atomic E-state index is 13.4. The molecule has 1 aliphatic heterocycles. The topological polar surface area (TPSA) is 88.8 Å². The Bertz CT molecular complexity index is 1040. The summed E-state index contributed by atoms with van der Waals surface area (Å²) in [6, 6.07) is 5.85. The molecule has 0 bridgehead atoms. The van der Waals surface area contributed by atoms with Gasteiger partial charge in [-0.05, 0) is 31.0 Å². The Morgan fingerprint density at radius 3 is 2.68 bits per heavy atom. The Morgan fingerprint density at radius 2 is 1.94 bits per heavy atom. The van der Waals surface area contributed by atoms with Crippen LogP contribution in [0.3, 0.4) is 0 Å². The molecule has 11 heteroatoms. The van der Waals surface area contributed by atoms with Crippen LogP contribution in [0.2, 0.25) is 0 Å². The summed E-state index contributed by atoms with van der Waals surface area (Å²) in [6.07, 6.45) is 2.55. The van der Waals surface area contributed by atoms with Crippen LogP contribution in [0.1, 0.15) is 24.0 Å². The summed E-state index contributed by atoms with van der Waals surface area (Å²) >= 11 is 0. The van der Waals surface area contributed by atoms with Crippen molar-refractivity contribution < 1.29 is 18.0 Å². The van der Waals surface area contributed by atoms with E-state index in [9.17, 15) is 18.0 Å². The van der Waals surface area contributed by atoms with Crippen molar-refractivity contribution in [3.63, 3.8) is 0 Å². The maximum absolute atomic E-state index is 13.4. The van der Waals surface area contributed by atoms with E-state index in [1.54, 1.807) is 17.2 Å². The lowest BCUT2D eigenvalue weighted by atomic mass is 9.96. The second kappa shape index (κ2) is 8.70. The van der Waals surface area contributed by atoms with Gasteiger partial charge in [0, 0.05) is 37.6 Å². The average molecular weight is 431 g/mol. The SMILES string of the molecule is O=C(NCc1cccnc1-n1cncn1)[C@@H]1CCCN(c2ncccc2C(F)(F)F)C1. The second-order valence-corrected chi connectivity index (χ2v) is 7.20. The van der Waals surface area contributed by atoms with Crippen LogP contribution in [0.15, 0.2) is 49.3 Å². The van der Waals surface area contributed by atoms with Gasteiger partial charge in [-0.1, -0.05) is 6.07 Å². The normalized spacial score (nSPS) is 16.9. The summed E-state index contributed by atoms with van der Waals surface area (Å²) < 4.78 is 41.6. The molecule has 0 aromatic carbocycles. The first-order valence-corrected chi connectivity index (χ1v) is 9.77. The standard InChI is InChI=1S/C20H20F3N7O/c21-20(22,23)16-6-2-8-26-18(16)29-9-3-5-15(11-29)19(31)27-10-14-4-1-7-25-17(14)30-13-24-12-28-30/h1-2,4,6-8,12-13,15H,3,5,9-11H2,(H,27,31)/t15-/m1/s1. The first-order valence-electron chi connectivity index (χ1n) is 9.77. The molecular weight excluding hydrogens is 411 g/mol. The molecular formula is C20H20F3N7O. The molecule has 4 heterocycles. The number of carbonyl (C=O) groups is 1. The van der Waals surface area contributed by atoms with Crippen molar-refractivity contribution in [3.8, 4) is 5.82 Å². The van der Waals surface area contributed by atoms with Gasteiger partial charge in [-0.3, -0.25) is 4.79 Å². The number of anilines is 1. The Kier molecular flexibility index (Phi) is 5.83. The van der Waals surface area contributed by atoms with Gasteiger partial charge in [-0.2, -0.15) is 18.3 Å². The van der Waals surface area contributed by atoms with Crippen LogP contribution in [0.25, 0.3) is 5.82 Å². The van der Waals surface area contributed by atoms with Crippen LogP contribution in [0.4, 0.5) is 19.0 Å². The molecule has 3 aromatic heterocycles. The second-order valence-electron chi connectivity index (χ2n) is 7.20. The van der Waals surface area contributed by atoms with Crippen LogP contribution in [0.5, 0.6) is 0 Å². The fraction of sp³-hybridized carbons (Fsp3) is 0.350. The number of nitrogens with one attached hydrogen (secondary N) is 1. The van der Waals surface area contributed by atoms with Crippen LogP contribution in [0, 0.1) is 5.92 Å². The highest BCUT2D eigenvalue weighted by Gasteiger charge is 2.37. The summed E-state index contributed by atoms with van der Waals surface area (Å²) in [7, 11) is 0. The summed E-state index contributed by atoms with van der Waals surface area (Å²) in [6.45, 7) is 0.813. The van der Waals surface area contributed by atoms with E-state index in [0.29, 0.717) is 25.2 Å². The van der Waals surface area contributed by atoms with Crippen LogP contribution >= 0.6 is 0 Å². The number of hydrogen-bond acceptors (Lipinski definition) is 6. The highest BCUT2D eigenvalue weighted by atomic mass is 19.4. The molecule has 3 aromatic rings. The first-order chi connectivity index (χ1) is 14.9. The molecule has 31 heavy (non-hydrogen) atoms. The van der Waals surface area contributed by atoms with E-state index in [1.807, 2.05) is 6.07 Å². The van der Waals surface area contributed by atoms with Gasteiger partial charge in [-0.15, -0.1) is 0 Å². The van der Waals surface area contributed by atoms with E-state index >= 15 is 0 Å². The van der Waals surface area contributed by atoms with Crippen molar-refractivity contribution in [1.82, 2.24) is 30.0 Å². The Morgan fingerprint density at radius 1 is 1.16 bits per heavy atom. The van der Waals surface area contributed by atoms with Crippen molar-refractivity contribution in [2.45, 2.75) is 25.6 Å². The van der Waals surface area contributed by atoms with Gasteiger partial charge in [0.2, 0.25) is 5.91 Å². The van der Waals surface area contributed by atoms with Crippen molar-refractivity contribution in [2.24, 2.45) is 5.92 Å². The third kappa shape index (κ3) is 4.65. The summed E-state index contributed by atoms with van der Waals surface area (Å²) in [5.41, 5.74) is -0.0398. The molecule has 4 rings (SSSR count). The van der Waals surface area contributed by atoms with Crippen molar-refractivity contribution >= 4 is 11.7 Å². The van der Waals surface area contributed by atoms with Gasteiger partial charge < -0.3 is 10.2 Å². The zero-order valence-electron chi connectivity index (χ0n) is 16.5. The lowest BCUT2D eigenvalue weighted by Gasteiger charge is -2.34. The predicted octanol–water partition coefficient (Wildman–Crippen LogP) is 2.61. The van der Waals surface area contributed by atoms with Crippen LogP contribution < -0.4 is 10.2 Å². The molecule has 0 spiro atoms. The monoisotopic (exact) mass is 431 g/mol. The minimum absolute atomic E-state index is 0.131. The van der Waals surface area contributed by atoms with Crippen molar-refractivity contribution in [3.05, 3.63) is 60.4 Å². The minimum Gasteiger partial charge on any atom is -0.355 e. The molecule has 0 aliphatic carbocycles. The highest BCUT2D eigenvalue weighted by molar-refractivity contribution is 5.79. The smallest absolute Gasteiger partial charge is 0.355 e. The molecule has 0 unspecified atom stereocenters. The average Bonchev–Trinajstić information content (AvgIpc) is 3.32. The summed E-state index contributed by atoms with van der Waals surface area (Å²) in [5.74, 6) is -0.243. The van der Waals surface area contributed by atoms with Gasteiger partial charge >= 0.3 is 6.18 Å². The van der Waals surface area contributed by atoms with Crippen LogP contribution in [-0.4, -0.2) is 43.7 Å². The molecule has 0 radical (unpaired) electrons. The third-order valence-electron chi connectivity index (χ3n) is 5.14. The number of hydrogen-bond donors (Lipinski definition) is 1. The molecule has 1 saturated heterocycles. The van der Waals surface area contributed by atoms with Gasteiger partial charge in [0.15, 0.2) is 5.82 Å². The number of nitrogens with zero attached hydrogens (tertiary/aromatic N) is 6. The van der Waals surface area contributed by atoms with Gasteiger partial charge in [0.25, 0.3) is 0 Å². The minimum atomic E-state index is -4.50. The Hall–Kier alpha value is -3.50. The third-order valence-corrected chi connectivity index (χ3v) is 5.14. The van der Waals surface area contributed by atoms with E-state index in [2.05, 4.69) is 25.4 Å². The zero-order valence-corrected chi connectivity index (χ0v) is 16.5. The number of aromatic nitrogens is 5. The fourth-order valence-corrected chi connectivity index (χ4v) is 3.67. The zero-order chi connectivity index (χ0) is 21.8. The number of halogens is 3. The molecule has 8 nitrogen and oxygen atoms in total. The molecule has 162 valence electrons. The van der Waals surface area contributed by atoms with E-state index in [4.69, 9.17) is 0 Å². The number of carbonyl (C=O) groups excluding carboxylic acids is 1. The fourth-order valence-electron chi connectivity index (χ4n) is 3.67. The van der Waals surface area contributed by atoms with Crippen molar-refractivity contribution in [2.75, 3.05) is 18.0 Å². The molecule has 1 aliphatic rings. The van der Waals surface area contributed by atoms with Gasteiger partial charge in [0.05, 0.1) is 11.5 Å². The first kappa shape index (κ1) is 20.8. The lowest BCUT2D eigenvalue weighted by molar-refractivity contribution is -0.137. The number of alkyl halides is 3. The molecule has 0 saturated carbocycles. The van der Waals surface area contributed by atoms with Gasteiger partial charge in [-0.25, -0.2) is 19.6 Å². The quantitative estimate of drug-likeness (QED) is 0.668. The van der Waals surface area contributed by atoms with E-state index in [1.165, 1.54) is 29.6 Å². The molecule has 1 fully saturated rings. The van der Waals surface area contributed by atoms with E-state index < -0.39 is 17.7 Å². The summed E-state index contributed by atoms with van der Waals surface area (Å²) in [5, 5.41) is 6.94. The Balaban J connectivity index is 1.44. The van der Waals surface area contributed by atoms with Gasteiger partial charge in [0.1, 0.15) is 18.5 Å². The predicted molar refractivity (Wildman–Crippen MR) is 105 cm³/mol. The number of rotatable bonds is 5. The molecule has 1 N–H and O–H groups in total. The molecule has 1 amide bonds. The number of piperidine rings is 1. The number of pyridine rings is 2. The molecule has 1 atom stereocenters. The maximum Gasteiger partial charge on any atom is 0.419 e. The van der Waals surface area contributed by atoms with Crippen molar-refractivity contribution in [1.29, 1.82) is 0 Å². The van der Waals surface area contributed by atoms with E-state index in [-0.39, 0.29) is 24.8 Å². The lowest BCUT2D eigenvalue weighted by Crippen LogP contribution is -2.43. The largest absolute Gasteiger partial charge is 0.419 e. The van der Waals surface area contributed by atoms with Crippen LogP contribution in [-0.2, 0) is 17.5 Å². The van der Waals surface area contributed by atoms with E-state index in [0.717, 1.165) is 11.6 Å².